The number of ether oxygens (including phenoxy) is 1. The summed E-state index contributed by atoms with van der Waals surface area (Å²) < 4.78 is 19.0. The van der Waals surface area contributed by atoms with E-state index in [9.17, 15) is 4.39 Å². The molecule has 0 saturated carbocycles. The van der Waals surface area contributed by atoms with Gasteiger partial charge in [0.25, 0.3) is 0 Å². The third-order valence-electron chi connectivity index (χ3n) is 2.59. The van der Waals surface area contributed by atoms with E-state index >= 15 is 0 Å². The first-order chi connectivity index (χ1) is 10.1. The van der Waals surface area contributed by atoms with Gasteiger partial charge in [-0.25, -0.2) is 4.39 Å². The van der Waals surface area contributed by atoms with Crippen molar-refractivity contribution in [2.24, 2.45) is 0 Å². The van der Waals surface area contributed by atoms with E-state index in [1.54, 1.807) is 24.3 Å². The Labute approximate surface area is 132 Å². The van der Waals surface area contributed by atoms with Crippen molar-refractivity contribution in [3.8, 4) is 17.6 Å². The molecular weight excluding hydrogens is 314 g/mol. The number of aliphatic hydroxyl groups excluding tert-OH is 1. The molecule has 108 valence electrons. The molecule has 2 aromatic rings. The molecule has 0 aliphatic rings. The topological polar surface area (TPSA) is 29.5 Å². The van der Waals surface area contributed by atoms with Gasteiger partial charge < -0.3 is 9.84 Å². The number of hydrogen-bond acceptors (Lipinski definition) is 2. The third kappa shape index (κ3) is 4.64. The molecule has 2 rings (SSSR count). The first kappa shape index (κ1) is 15.7. The van der Waals surface area contributed by atoms with Gasteiger partial charge in [0, 0.05) is 27.2 Å². The van der Waals surface area contributed by atoms with E-state index in [-0.39, 0.29) is 13.2 Å². The monoisotopic (exact) mass is 324 g/mol. The summed E-state index contributed by atoms with van der Waals surface area (Å²) in [4.78, 5) is 0. The van der Waals surface area contributed by atoms with Gasteiger partial charge in [-0.2, -0.15) is 0 Å². The molecule has 21 heavy (non-hydrogen) atoms. The molecule has 2 nitrogen and oxygen atoms in total. The lowest BCUT2D eigenvalue weighted by Crippen LogP contribution is -1.97. The van der Waals surface area contributed by atoms with Crippen LogP contribution in [0.25, 0.3) is 0 Å². The van der Waals surface area contributed by atoms with Gasteiger partial charge in [0.05, 0.1) is 0 Å². The Kier molecular flexibility index (Phi) is 5.46. The van der Waals surface area contributed by atoms with Crippen LogP contribution < -0.4 is 4.74 Å². The van der Waals surface area contributed by atoms with Crippen molar-refractivity contribution in [1.29, 1.82) is 0 Å². The number of hydrogen-bond donors (Lipinski definition) is 1. The minimum Gasteiger partial charge on any atom is -0.489 e. The lowest BCUT2D eigenvalue weighted by atomic mass is 10.2. The van der Waals surface area contributed by atoms with Crippen LogP contribution in [0.3, 0.4) is 0 Å². The van der Waals surface area contributed by atoms with Gasteiger partial charge in [-0.15, -0.1) is 0 Å². The zero-order valence-corrected chi connectivity index (χ0v) is 12.4. The molecule has 0 unspecified atom stereocenters. The lowest BCUT2D eigenvalue weighted by molar-refractivity contribution is 0.304. The van der Waals surface area contributed by atoms with Crippen LogP contribution in [-0.2, 0) is 6.61 Å². The predicted molar refractivity (Wildman–Crippen MR) is 81.2 cm³/mol. The summed E-state index contributed by atoms with van der Waals surface area (Å²) >= 11 is 11.9. The molecule has 0 aliphatic heterocycles. The van der Waals surface area contributed by atoms with Crippen LogP contribution in [0.5, 0.6) is 5.75 Å². The molecular formula is C16H11Cl2FO2. The van der Waals surface area contributed by atoms with Gasteiger partial charge in [0.15, 0.2) is 0 Å². The Morgan fingerprint density at radius 1 is 1.14 bits per heavy atom. The smallest absolute Gasteiger partial charge is 0.128 e. The van der Waals surface area contributed by atoms with Crippen molar-refractivity contribution in [3.63, 3.8) is 0 Å². The van der Waals surface area contributed by atoms with Crippen LogP contribution >= 0.6 is 23.2 Å². The van der Waals surface area contributed by atoms with E-state index in [1.807, 2.05) is 0 Å². The average Bonchev–Trinajstić information content (AvgIpc) is 2.43. The van der Waals surface area contributed by atoms with Gasteiger partial charge >= 0.3 is 0 Å². The number of rotatable bonds is 3. The van der Waals surface area contributed by atoms with Gasteiger partial charge in [-0.3, -0.25) is 0 Å². The van der Waals surface area contributed by atoms with Gasteiger partial charge in [-0.1, -0.05) is 41.1 Å². The van der Waals surface area contributed by atoms with Crippen molar-refractivity contribution in [2.75, 3.05) is 6.61 Å². The number of benzene rings is 2. The highest BCUT2D eigenvalue weighted by Crippen LogP contribution is 2.23. The van der Waals surface area contributed by atoms with Gasteiger partial charge in [0.2, 0.25) is 0 Å². The minimum atomic E-state index is -0.461. The highest BCUT2D eigenvalue weighted by atomic mass is 35.5. The Bertz CT molecular complexity index is 705. The molecule has 0 aliphatic carbocycles. The second-order valence-electron chi connectivity index (χ2n) is 4.16. The molecule has 0 fully saturated rings. The molecule has 0 spiro atoms. The first-order valence-electron chi connectivity index (χ1n) is 6.05. The standard InChI is InChI=1S/C16H11Cl2FO2/c17-13-4-3-12(16(18)8-13)10-21-15-7-11(2-1-5-20)6-14(19)9-15/h3-4,6-9,20H,5,10H2. The lowest BCUT2D eigenvalue weighted by Gasteiger charge is -2.08. The number of halogens is 3. The van der Waals surface area contributed by atoms with Crippen LogP contribution in [0, 0.1) is 17.7 Å². The zero-order chi connectivity index (χ0) is 15.2. The fourth-order valence-electron chi connectivity index (χ4n) is 1.66. The second-order valence-corrected chi connectivity index (χ2v) is 5.00. The third-order valence-corrected chi connectivity index (χ3v) is 3.18. The highest BCUT2D eigenvalue weighted by molar-refractivity contribution is 6.35. The molecule has 0 bridgehead atoms. The van der Waals surface area contributed by atoms with Crippen molar-refractivity contribution >= 4 is 23.2 Å². The normalized spacial score (nSPS) is 9.90. The van der Waals surface area contributed by atoms with Crippen molar-refractivity contribution in [1.82, 2.24) is 0 Å². The molecule has 0 amide bonds. The summed E-state index contributed by atoms with van der Waals surface area (Å²) in [5, 5.41) is 9.67. The maximum atomic E-state index is 13.5. The molecule has 0 aromatic heterocycles. The molecule has 1 N–H and O–H groups in total. The maximum Gasteiger partial charge on any atom is 0.128 e. The van der Waals surface area contributed by atoms with Crippen LogP contribution in [0.15, 0.2) is 36.4 Å². The summed E-state index contributed by atoms with van der Waals surface area (Å²) in [5.74, 6) is 4.96. The molecule has 5 heteroatoms. The fourth-order valence-corrected chi connectivity index (χ4v) is 2.12. The summed E-state index contributed by atoms with van der Waals surface area (Å²) in [6.45, 7) is -0.0978. The van der Waals surface area contributed by atoms with Gasteiger partial charge in [0.1, 0.15) is 24.8 Å². The summed E-state index contributed by atoms with van der Waals surface area (Å²) in [7, 11) is 0. The first-order valence-corrected chi connectivity index (χ1v) is 6.81. The Morgan fingerprint density at radius 3 is 2.67 bits per heavy atom. The number of aliphatic hydroxyl groups is 1. The molecule has 0 atom stereocenters. The van der Waals surface area contributed by atoms with E-state index in [4.69, 9.17) is 33.0 Å². The average molecular weight is 325 g/mol. The molecule has 2 aromatic carbocycles. The largest absolute Gasteiger partial charge is 0.489 e. The van der Waals surface area contributed by atoms with Crippen LogP contribution in [0.2, 0.25) is 10.0 Å². The molecule has 0 radical (unpaired) electrons. The van der Waals surface area contributed by atoms with Crippen LogP contribution in [0.1, 0.15) is 11.1 Å². The summed E-state index contributed by atoms with van der Waals surface area (Å²) in [5.41, 5.74) is 1.18. The fraction of sp³-hybridized carbons (Fsp3) is 0.125. The molecule has 0 heterocycles. The quantitative estimate of drug-likeness (QED) is 0.863. The van der Waals surface area contributed by atoms with E-state index in [0.717, 1.165) is 5.56 Å². The van der Waals surface area contributed by atoms with E-state index < -0.39 is 5.82 Å². The molecule has 0 saturated heterocycles. The van der Waals surface area contributed by atoms with Crippen LogP contribution in [-0.4, -0.2) is 11.7 Å². The van der Waals surface area contributed by atoms with Crippen molar-refractivity contribution in [2.45, 2.75) is 6.61 Å². The van der Waals surface area contributed by atoms with Crippen LogP contribution in [0.4, 0.5) is 4.39 Å². The maximum absolute atomic E-state index is 13.5. The van der Waals surface area contributed by atoms with Crippen molar-refractivity contribution < 1.29 is 14.2 Å². The Morgan fingerprint density at radius 2 is 1.95 bits per heavy atom. The Hall–Kier alpha value is -1.73. The highest BCUT2D eigenvalue weighted by Gasteiger charge is 2.04. The second kappa shape index (κ2) is 7.33. The predicted octanol–water partition coefficient (Wildman–Crippen LogP) is 4.06. The van der Waals surface area contributed by atoms with E-state index in [2.05, 4.69) is 11.8 Å². The SMILES string of the molecule is OCC#Cc1cc(F)cc(OCc2ccc(Cl)cc2Cl)c1. The van der Waals surface area contributed by atoms with Gasteiger partial charge in [-0.05, 0) is 24.3 Å². The van der Waals surface area contributed by atoms with E-state index in [1.165, 1.54) is 12.1 Å². The van der Waals surface area contributed by atoms with Crippen molar-refractivity contribution in [3.05, 3.63) is 63.4 Å². The summed E-state index contributed by atoms with van der Waals surface area (Å²) in [6.07, 6.45) is 0. The summed E-state index contributed by atoms with van der Waals surface area (Å²) in [6, 6.07) is 9.19. The zero-order valence-electron chi connectivity index (χ0n) is 10.9. The Balaban J connectivity index is 2.14. The van der Waals surface area contributed by atoms with E-state index in [0.29, 0.717) is 21.4 Å². The minimum absolute atomic E-state index is 0.187.